The van der Waals surface area contributed by atoms with Gasteiger partial charge in [0.25, 0.3) is 0 Å². The highest BCUT2D eigenvalue weighted by Crippen LogP contribution is 2.66. The van der Waals surface area contributed by atoms with E-state index in [1.54, 1.807) is 0 Å². The van der Waals surface area contributed by atoms with Crippen LogP contribution in [0.2, 0.25) is 0 Å². The van der Waals surface area contributed by atoms with Crippen molar-refractivity contribution in [3.63, 3.8) is 0 Å². The Kier molecular flexibility index (Phi) is 8.38. The summed E-state index contributed by atoms with van der Waals surface area (Å²) in [4.78, 5) is 0. The van der Waals surface area contributed by atoms with Crippen molar-refractivity contribution in [2.75, 3.05) is 13.2 Å². The topological polar surface area (TPSA) is 34.3 Å². The average molecular weight is 617 g/mol. The summed E-state index contributed by atoms with van der Waals surface area (Å²) in [6, 6.07) is 63.3. The Balaban J connectivity index is 0.00000172. The Labute approximate surface area is 278 Å². The molecule has 2 aliphatic heterocycles. The molecule has 0 aliphatic carbocycles. The zero-order valence-corrected chi connectivity index (χ0v) is 27.0. The molecule has 3 heteroatoms. The summed E-state index contributed by atoms with van der Waals surface area (Å²) in [6.45, 7) is 5.00. The van der Waals surface area contributed by atoms with Crippen molar-refractivity contribution in [1.82, 2.24) is 0 Å². The minimum absolute atomic E-state index is 0.500. The van der Waals surface area contributed by atoms with Gasteiger partial charge in [0.05, 0.1) is 13.2 Å². The van der Waals surface area contributed by atoms with E-state index in [1.807, 2.05) is 26.0 Å². The molecule has 234 valence electrons. The molecule has 0 saturated carbocycles. The van der Waals surface area contributed by atoms with Gasteiger partial charge in [0.2, 0.25) is 0 Å². The predicted octanol–water partition coefficient (Wildman–Crippen LogP) is 9.77. The zero-order valence-electron chi connectivity index (χ0n) is 27.0. The van der Waals surface area contributed by atoms with Crippen LogP contribution in [-0.4, -0.2) is 13.2 Å². The summed E-state index contributed by atoms with van der Waals surface area (Å²) in [7, 11) is 0. The van der Waals surface area contributed by atoms with Gasteiger partial charge in [0.15, 0.2) is 22.4 Å². The maximum Gasteiger partial charge on any atom is 0.155 e. The lowest BCUT2D eigenvalue weighted by molar-refractivity contribution is -0.193. The van der Waals surface area contributed by atoms with E-state index < -0.39 is 22.4 Å². The molecule has 0 spiro atoms. The molecular formula is C44H40O3. The standard InChI is InChI=1S/C42H34O3.C2H6/c1-7-19-33(20-8-1)39(31-43-39)41(35-23-11-3-12-24-35,36-25-13-4-14-26-36)45-42(37-27-15-5-16-28-37,38-29-17-6-18-30-38)40(32-44-40)34-21-9-2-10-22-34;1-2/h1-30H,31-32H2;1-2H3. The van der Waals surface area contributed by atoms with E-state index in [4.69, 9.17) is 14.2 Å². The molecule has 0 amide bonds. The van der Waals surface area contributed by atoms with Crippen molar-refractivity contribution in [1.29, 1.82) is 0 Å². The highest BCUT2D eigenvalue weighted by molar-refractivity contribution is 5.52. The molecular weight excluding hydrogens is 576 g/mol. The van der Waals surface area contributed by atoms with Gasteiger partial charge in [-0.2, -0.15) is 0 Å². The molecule has 2 aliphatic rings. The minimum atomic E-state index is -1.09. The van der Waals surface area contributed by atoms with E-state index in [2.05, 4.69) is 170 Å². The van der Waals surface area contributed by atoms with E-state index in [-0.39, 0.29) is 0 Å². The molecule has 8 rings (SSSR count). The normalized spacial score (nSPS) is 20.0. The van der Waals surface area contributed by atoms with Crippen molar-refractivity contribution >= 4 is 0 Å². The van der Waals surface area contributed by atoms with E-state index in [0.717, 1.165) is 33.4 Å². The maximum atomic E-state index is 8.28. The molecule has 2 unspecified atom stereocenters. The van der Waals surface area contributed by atoms with E-state index >= 15 is 0 Å². The molecule has 2 heterocycles. The first-order valence-electron chi connectivity index (χ1n) is 16.6. The van der Waals surface area contributed by atoms with Gasteiger partial charge >= 0.3 is 0 Å². The van der Waals surface area contributed by atoms with Crippen LogP contribution >= 0.6 is 0 Å². The van der Waals surface area contributed by atoms with Crippen LogP contribution in [-0.2, 0) is 36.6 Å². The lowest BCUT2D eigenvalue weighted by Crippen LogP contribution is -2.55. The van der Waals surface area contributed by atoms with Gasteiger partial charge in [-0.15, -0.1) is 0 Å². The second-order valence-corrected chi connectivity index (χ2v) is 11.9. The van der Waals surface area contributed by atoms with Gasteiger partial charge in [-0.25, -0.2) is 0 Å². The number of rotatable bonds is 10. The molecule has 2 saturated heterocycles. The third kappa shape index (κ3) is 4.94. The molecule has 2 atom stereocenters. The summed E-state index contributed by atoms with van der Waals surface area (Å²) in [5, 5.41) is 0. The number of benzene rings is 6. The van der Waals surface area contributed by atoms with Crippen molar-refractivity contribution in [2.45, 2.75) is 36.3 Å². The molecule has 2 fully saturated rings. The van der Waals surface area contributed by atoms with Crippen LogP contribution in [0.15, 0.2) is 182 Å². The Hall–Kier alpha value is -4.80. The van der Waals surface area contributed by atoms with Crippen LogP contribution in [0.1, 0.15) is 47.2 Å². The third-order valence-electron chi connectivity index (χ3n) is 9.51. The second-order valence-electron chi connectivity index (χ2n) is 11.9. The first kappa shape index (κ1) is 30.8. The van der Waals surface area contributed by atoms with Gasteiger partial charge in [-0.3, -0.25) is 0 Å². The van der Waals surface area contributed by atoms with Gasteiger partial charge in [-0.05, 0) is 33.4 Å². The predicted molar refractivity (Wildman–Crippen MR) is 188 cm³/mol. The Morgan fingerprint density at radius 3 is 0.809 bits per heavy atom. The van der Waals surface area contributed by atoms with E-state index in [1.165, 1.54) is 0 Å². The largest absolute Gasteiger partial charge is 0.361 e. The summed E-state index contributed by atoms with van der Waals surface area (Å²) in [5.41, 5.74) is 2.39. The minimum Gasteiger partial charge on any atom is -0.361 e. The molecule has 0 N–H and O–H groups in total. The molecule has 47 heavy (non-hydrogen) atoms. The van der Waals surface area contributed by atoms with E-state index in [0.29, 0.717) is 13.2 Å². The van der Waals surface area contributed by atoms with Crippen LogP contribution < -0.4 is 0 Å². The lowest BCUT2D eigenvalue weighted by atomic mass is 9.68. The highest BCUT2D eigenvalue weighted by Gasteiger charge is 2.73. The van der Waals surface area contributed by atoms with Crippen molar-refractivity contribution in [3.05, 3.63) is 215 Å². The number of epoxide rings is 2. The number of hydrogen-bond acceptors (Lipinski definition) is 3. The van der Waals surface area contributed by atoms with E-state index in [9.17, 15) is 0 Å². The van der Waals surface area contributed by atoms with Gasteiger partial charge in [-0.1, -0.05) is 196 Å². The molecule has 0 bridgehead atoms. The fourth-order valence-corrected chi connectivity index (χ4v) is 7.29. The SMILES string of the molecule is CC.c1ccc(C2(C(OC(c3ccccc3)(c3ccccc3)C3(c4ccccc4)CO3)(c3ccccc3)c3ccccc3)CO2)cc1. The molecule has 6 aromatic rings. The van der Waals surface area contributed by atoms with Crippen molar-refractivity contribution < 1.29 is 14.2 Å². The first-order valence-corrected chi connectivity index (χ1v) is 16.6. The monoisotopic (exact) mass is 616 g/mol. The second kappa shape index (κ2) is 12.8. The van der Waals surface area contributed by atoms with Crippen LogP contribution in [0.5, 0.6) is 0 Å². The first-order chi connectivity index (χ1) is 23.3. The molecule has 0 radical (unpaired) electrons. The summed E-state index contributed by atoms with van der Waals surface area (Å²) in [6.07, 6.45) is 0. The Morgan fingerprint density at radius 1 is 0.383 bits per heavy atom. The zero-order chi connectivity index (χ0) is 32.2. The fraction of sp³-hybridized carbons (Fsp3) is 0.182. The van der Waals surface area contributed by atoms with Crippen molar-refractivity contribution in [3.8, 4) is 0 Å². The van der Waals surface area contributed by atoms with Gasteiger partial charge < -0.3 is 14.2 Å². The highest BCUT2D eigenvalue weighted by atomic mass is 16.7. The smallest absolute Gasteiger partial charge is 0.155 e. The van der Waals surface area contributed by atoms with Gasteiger partial charge in [0.1, 0.15) is 0 Å². The number of hydrogen-bond donors (Lipinski definition) is 0. The quantitative estimate of drug-likeness (QED) is 0.144. The maximum absolute atomic E-state index is 8.28. The van der Waals surface area contributed by atoms with Crippen LogP contribution in [0, 0.1) is 0 Å². The summed E-state index contributed by atoms with van der Waals surface area (Å²) < 4.78 is 21.8. The summed E-state index contributed by atoms with van der Waals surface area (Å²) in [5.74, 6) is 0. The van der Waals surface area contributed by atoms with Crippen LogP contribution in [0.25, 0.3) is 0 Å². The Morgan fingerprint density at radius 2 is 0.596 bits per heavy atom. The van der Waals surface area contributed by atoms with Gasteiger partial charge in [0, 0.05) is 0 Å². The molecule has 3 nitrogen and oxygen atoms in total. The molecule has 6 aromatic carbocycles. The van der Waals surface area contributed by atoms with Crippen LogP contribution in [0.4, 0.5) is 0 Å². The lowest BCUT2D eigenvalue weighted by Gasteiger charge is -2.50. The van der Waals surface area contributed by atoms with Crippen molar-refractivity contribution in [2.24, 2.45) is 0 Å². The Bertz CT molecular complexity index is 1630. The molecule has 0 aromatic heterocycles. The fourth-order valence-electron chi connectivity index (χ4n) is 7.29. The third-order valence-corrected chi connectivity index (χ3v) is 9.51. The number of ether oxygens (including phenoxy) is 3. The average Bonchev–Trinajstić information content (AvgIpc) is 4.12. The van der Waals surface area contributed by atoms with Crippen LogP contribution in [0.3, 0.4) is 0 Å². The summed E-state index contributed by atoms with van der Waals surface area (Å²) >= 11 is 0.